The lowest BCUT2D eigenvalue weighted by Crippen LogP contribution is -2.47. The Morgan fingerprint density at radius 2 is 2.18 bits per heavy atom. The number of carbonyl (C=O) groups is 1. The quantitative estimate of drug-likeness (QED) is 0.746. The van der Waals surface area contributed by atoms with Crippen LogP contribution in [0.5, 0.6) is 0 Å². The third-order valence-corrected chi connectivity index (χ3v) is 3.96. The van der Waals surface area contributed by atoms with Gasteiger partial charge in [0.05, 0.1) is 18.0 Å². The molecule has 1 heterocycles. The fourth-order valence-corrected chi connectivity index (χ4v) is 2.79. The van der Waals surface area contributed by atoms with E-state index in [1.165, 1.54) is 0 Å². The summed E-state index contributed by atoms with van der Waals surface area (Å²) in [7, 11) is 0. The maximum Gasteiger partial charge on any atom is 0.254 e. The lowest BCUT2D eigenvalue weighted by atomic mass is 10.1. The Kier molecular flexibility index (Phi) is 9.34. The molecule has 1 aliphatic heterocycles. The number of nitrogen functional groups attached to an aromatic ring is 1. The van der Waals surface area contributed by atoms with Gasteiger partial charge in [0.1, 0.15) is 6.10 Å². The van der Waals surface area contributed by atoms with Crippen molar-refractivity contribution < 1.29 is 9.53 Å². The van der Waals surface area contributed by atoms with Crippen molar-refractivity contribution in [3.8, 4) is 0 Å². The van der Waals surface area contributed by atoms with E-state index >= 15 is 0 Å². The highest BCUT2D eigenvalue weighted by Gasteiger charge is 2.26. The molecular weight excluding hydrogens is 393 g/mol. The summed E-state index contributed by atoms with van der Waals surface area (Å²) in [4.78, 5) is 14.5. The van der Waals surface area contributed by atoms with Crippen LogP contribution in [0.4, 0.5) is 11.4 Å². The van der Waals surface area contributed by atoms with Crippen LogP contribution in [0.25, 0.3) is 0 Å². The number of carbonyl (C=O) groups excluding carboxylic acids is 1. The van der Waals surface area contributed by atoms with E-state index in [4.69, 9.17) is 10.5 Å². The fourth-order valence-electron chi connectivity index (χ4n) is 2.22. The smallest absolute Gasteiger partial charge is 0.254 e. The average molecular weight is 415 g/mol. The van der Waals surface area contributed by atoms with Crippen LogP contribution >= 0.6 is 40.7 Å². The number of aryl methyl sites for hydroxylation is 1. The van der Waals surface area contributed by atoms with Gasteiger partial charge in [0.2, 0.25) is 0 Å². The number of rotatable bonds is 3. The number of likely N-dealkylation sites (N-methyl/N-ethyl adjacent to an activating group) is 1. The van der Waals surface area contributed by atoms with E-state index in [2.05, 4.69) is 33.1 Å². The molecule has 0 spiro atoms. The minimum Gasteiger partial charge on any atom is -0.397 e. The van der Waals surface area contributed by atoms with Gasteiger partial charge in [0, 0.05) is 17.6 Å². The molecule has 1 atom stereocenters. The van der Waals surface area contributed by atoms with Crippen molar-refractivity contribution in [2.24, 2.45) is 0 Å². The minimum atomic E-state index is -0.442. The number of nitrogens with one attached hydrogen (secondary N) is 1. The maximum atomic E-state index is 12.3. The summed E-state index contributed by atoms with van der Waals surface area (Å²) in [6.07, 6.45) is -0.442. The third kappa shape index (κ3) is 5.28. The number of amides is 1. The van der Waals surface area contributed by atoms with Gasteiger partial charge >= 0.3 is 0 Å². The second kappa shape index (κ2) is 9.57. The summed E-state index contributed by atoms with van der Waals surface area (Å²) >= 11 is 3.41. The molecule has 2 rings (SSSR count). The van der Waals surface area contributed by atoms with Gasteiger partial charge in [0.25, 0.3) is 5.91 Å². The lowest BCUT2D eigenvalue weighted by Gasteiger charge is -2.31. The molecular formula is C14H22BrCl2N3O2. The van der Waals surface area contributed by atoms with Crippen molar-refractivity contribution in [2.45, 2.75) is 20.0 Å². The van der Waals surface area contributed by atoms with E-state index in [0.717, 1.165) is 23.1 Å². The molecule has 1 aromatic carbocycles. The Morgan fingerprint density at radius 1 is 1.50 bits per heavy atom. The van der Waals surface area contributed by atoms with Crippen LogP contribution in [-0.2, 0) is 9.53 Å². The predicted octanol–water partition coefficient (Wildman–Crippen LogP) is 2.84. The molecule has 5 nitrogen and oxygen atoms in total. The highest BCUT2D eigenvalue weighted by molar-refractivity contribution is 9.10. The summed E-state index contributed by atoms with van der Waals surface area (Å²) in [5, 5.41) is 2.86. The van der Waals surface area contributed by atoms with Crippen molar-refractivity contribution in [3.63, 3.8) is 0 Å². The van der Waals surface area contributed by atoms with E-state index in [1.54, 1.807) is 6.07 Å². The van der Waals surface area contributed by atoms with Crippen LogP contribution in [-0.4, -0.2) is 43.2 Å². The van der Waals surface area contributed by atoms with Crippen molar-refractivity contribution in [3.05, 3.63) is 22.2 Å². The SMILES string of the molecule is CCN1CCOC(C(=O)Nc2cc(Br)cc(C)c2N)C1.Cl.Cl. The van der Waals surface area contributed by atoms with Crippen LogP contribution in [0, 0.1) is 6.92 Å². The zero-order valence-corrected chi connectivity index (χ0v) is 15.8. The van der Waals surface area contributed by atoms with Crippen LogP contribution < -0.4 is 11.1 Å². The highest BCUT2D eigenvalue weighted by Crippen LogP contribution is 2.27. The zero-order valence-electron chi connectivity index (χ0n) is 12.6. The lowest BCUT2D eigenvalue weighted by molar-refractivity contribution is -0.132. The molecule has 22 heavy (non-hydrogen) atoms. The highest BCUT2D eigenvalue weighted by atomic mass is 79.9. The third-order valence-electron chi connectivity index (χ3n) is 3.50. The zero-order chi connectivity index (χ0) is 14.7. The number of morpholine rings is 1. The first kappa shape index (κ1) is 21.5. The normalized spacial score (nSPS) is 18.0. The van der Waals surface area contributed by atoms with E-state index in [0.29, 0.717) is 24.5 Å². The Labute approximate surface area is 151 Å². The molecule has 1 aliphatic rings. The number of nitrogens with two attached hydrogens (primary N) is 1. The number of ether oxygens (including phenoxy) is 1. The van der Waals surface area contributed by atoms with Gasteiger partial charge in [-0.3, -0.25) is 9.69 Å². The Morgan fingerprint density at radius 3 is 2.82 bits per heavy atom. The monoisotopic (exact) mass is 413 g/mol. The van der Waals surface area contributed by atoms with E-state index in [-0.39, 0.29) is 30.7 Å². The fraction of sp³-hybridized carbons (Fsp3) is 0.500. The topological polar surface area (TPSA) is 67.6 Å². The molecule has 1 unspecified atom stereocenters. The van der Waals surface area contributed by atoms with Crippen LogP contribution in [0.2, 0.25) is 0 Å². The van der Waals surface area contributed by atoms with E-state index in [9.17, 15) is 4.79 Å². The van der Waals surface area contributed by atoms with Gasteiger partial charge in [-0.2, -0.15) is 0 Å². The molecule has 1 amide bonds. The molecule has 1 aromatic rings. The number of hydrogen-bond acceptors (Lipinski definition) is 4. The Bertz CT molecular complexity index is 517. The molecule has 126 valence electrons. The van der Waals surface area contributed by atoms with Crippen LogP contribution in [0.15, 0.2) is 16.6 Å². The summed E-state index contributed by atoms with van der Waals surface area (Å²) in [5.74, 6) is -0.146. The first-order chi connectivity index (χ1) is 9.51. The van der Waals surface area contributed by atoms with Crippen LogP contribution in [0.1, 0.15) is 12.5 Å². The average Bonchev–Trinajstić information content (AvgIpc) is 2.44. The molecule has 0 saturated carbocycles. The Hall–Kier alpha value is -0.530. The maximum absolute atomic E-state index is 12.3. The first-order valence-corrected chi connectivity index (χ1v) is 7.51. The van der Waals surface area contributed by atoms with Gasteiger partial charge in [-0.05, 0) is 31.2 Å². The summed E-state index contributed by atoms with van der Waals surface area (Å²) in [6.45, 7) is 6.99. The standard InChI is InChI=1S/C14H20BrN3O2.2ClH/c1-3-18-4-5-20-12(8-18)14(19)17-11-7-10(15)6-9(2)13(11)16;;/h6-7,12H,3-5,8,16H2,1-2H3,(H,17,19);2*1H. The molecule has 0 aromatic heterocycles. The number of anilines is 2. The van der Waals surface area contributed by atoms with Gasteiger partial charge in [-0.15, -0.1) is 24.8 Å². The summed E-state index contributed by atoms with van der Waals surface area (Å²) in [5.41, 5.74) is 8.13. The number of hydrogen-bond donors (Lipinski definition) is 2. The summed E-state index contributed by atoms with van der Waals surface area (Å²) in [6, 6.07) is 3.72. The molecule has 0 radical (unpaired) electrons. The minimum absolute atomic E-state index is 0. The predicted molar refractivity (Wildman–Crippen MR) is 98.3 cm³/mol. The van der Waals surface area contributed by atoms with Crippen molar-refractivity contribution in [1.29, 1.82) is 0 Å². The molecule has 1 fully saturated rings. The van der Waals surface area contributed by atoms with E-state index < -0.39 is 6.10 Å². The van der Waals surface area contributed by atoms with Gasteiger partial charge in [-0.1, -0.05) is 22.9 Å². The number of benzene rings is 1. The van der Waals surface area contributed by atoms with Gasteiger partial charge in [0.15, 0.2) is 0 Å². The number of halogens is 3. The second-order valence-electron chi connectivity index (χ2n) is 4.93. The summed E-state index contributed by atoms with van der Waals surface area (Å²) < 4.78 is 6.43. The van der Waals surface area contributed by atoms with Crippen molar-refractivity contribution >= 4 is 58.0 Å². The molecule has 0 bridgehead atoms. The largest absolute Gasteiger partial charge is 0.397 e. The van der Waals surface area contributed by atoms with Gasteiger partial charge < -0.3 is 15.8 Å². The molecule has 3 N–H and O–H groups in total. The first-order valence-electron chi connectivity index (χ1n) is 6.71. The van der Waals surface area contributed by atoms with E-state index in [1.807, 2.05) is 13.0 Å². The van der Waals surface area contributed by atoms with Gasteiger partial charge in [-0.25, -0.2) is 0 Å². The molecule has 1 saturated heterocycles. The van der Waals surface area contributed by atoms with Crippen molar-refractivity contribution in [2.75, 3.05) is 37.3 Å². The van der Waals surface area contributed by atoms with Crippen LogP contribution in [0.3, 0.4) is 0 Å². The number of nitrogens with zero attached hydrogens (tertiary/aromatic N) is 1. The van der Waals surface area contributed by atoms with Crippen molar-refractivity contribution in [1.82, 2.24) is 4.90 Å². The second-order valence-corrected chi connectivity index (χ2v) is 5.84. The molecule has 0 aliphatic carbocycles. The Balaban J connectivity index is 0.00000220. The molecule has 8 heteroatoms.